The number of carboxylic acids is 1. The van der Waals surface area contributed by atoms with E-state index in [1.165, 1.54) is 24.0 Å². The van der Waals surface area contributed by atoms with Crippen LogP contribution in [0.25, 0.3) is 0 Å². The number of hydrogen-bond acceptors (Lipinski definition) is 1. The monoisotopic (exact) mass is 422 g/mol. The van der Waals surface area contributed by atoms with Crippen LogP contribution in [0.1, 0.15) is 114 Å². The van der Waals surface area contributed by atoms with Crippen LogP contribution in [0, 0.1) is 0 Å². The van der Waals surface area contributed by atoms with E-state index in [-0.39, 0.29) is 29.7 Å². The van der Waals surface area contributed by atoms with Crippen LogP contribution < -0.4 is 0 Å². The second-order valence-electron chi connectivity index (χ2n) is 5.96. The maximum Gasteiger partial charge on any atom is 0.300 e. The van der Waals surface area contributed by atoms with E-state index in [0.717, 1.165) is 6.92 Å². The lowest BCUT2D eigenvalue weighted by Gasteiger charge is -2.06. The average Bonchev–Trinajstić information content (AvgIpc) is 2.69. The first kappa shape index (κ1) is 42.1. The van der Waals surface area contributed by atoms with Crippen LogP contribution in [0.3, 0.4) is 0 Å². The summed E-state index contributed by atoms with van der Waals surface area (Å²) in [4.78, 5) is 9.00. The van der Waals surface area contributed by atoms with Gasteiger partial charge in [0.15, 0.2) is 0 Å². The highest BCUT2D eigenvalue weighted by atomic mass is 16.4. The minimum atomic E-state index is -0.833. The van der Waals surface area contributed by atoms with E-state index in [0.29, 0.717) is 11.8 Å². The topological polar surface area (TPSA) is 37.3 Å². The van der Waals surface area contributed by atoms with Crippen molar-refractivity contribution in [1.29, 1.82) is 0 Å². The first-order valence-corrected chi connectivity index (χ1v) is 9.71. The molecule has 0 radical (unpaired) electrons. The first-order chi connectivity index (χ1) is 12.4. The quantitative estimate of drug-likeness (QED) is 0.532. The number of carboxylic acid groups (broad SMARTS) is 1. The third kappa shape index (κ3) is 23.9. The van der Waals surface area contributed by atoms with Gasteiger partial charge in [-0.1, -0.05) is 132 Å². The summed E-state index contributed by atoms with van der Waals surface area (Å²) in [5, 5.41) is 7.42. The Kier molecular flexibility index (Phi) is 40.9. The van der Waals surface area contributed by atoms with Gasteiger partial charge in [0.1, 0.15) is 0 Å². The van der Waals surface area contributed by atoms with Crippen LogP contribution in [0.4, 0.5) is 0 Å². The van der Waals surface area contributed by atoms with Gasteiger partial charge in [0.05, 0.1) is 0 Å². The van der Waals surface area contributed by atoms with Crippen LogP contribution in [0.5, 0.6) is 0 Å². The second-order valence-corrected chi connectivity index (χ2v) is 5.96. The van der Waals surface area contributed by atoms with Gasteiger partial charge in [-0.3, -0.25) is 4.79 Å². The molecule has 178 valence electrons. The maximum absolute atomic E-state index is 9.00. The number of aliphatic carboxylic acids is 1. The summed E-state index contributed by atoms with van der Waals surface area (Å²) < 4.78 is 0. The smallest absolute Gasteiger partial charge is 0.300 e. The molecule has 0 fully saturated rings. The van der Waals surface area contributed by atoms with E-state index in [4.69, 9.17) is 9.90 Å². The molecule has 2 atom stereocenters. The van der Waals surface area contributed by atoms with E-state index in [2.05, 4.69) is 88.4 Å². The molecule has 1 N–H and O–H groups in total. The van der Waals surface area contributed by atoms with Crippen molar-refractivity contribution in [2.45, 2.75) is 103 Å². The summed E-state index contributed by atoms with van der Waals surface area (Å²) in [6.07, 6.45) is 2.45. The summed E-state index contributed by atoms with van der Waals surface area (Å²) in [6, 6.07) is 21.3. The standard InChI is InChI=1S/2C10H14.C2H4O2.C2H6.4CH4/c2*1-3-9(2)10-7-5-4-6-8-10;1-2(3)4;1-2;;;;/h2*4-9H,3H2,1-2H3;1H3,(H,3,4);1-2H3;4*1H4. The molecule has 2 unspecified atom stereocenters. The number of hydrogen-bond donors (Lipinski definition) is 1. The molecule has 0 amide bonds. The van der Waals surface area contributed by atoms with Crippen LogP contribution in [0.15, 0.2) is 60.7 Å². The van der Waals surface area contributed by atoms with Crippen molar-refractivity contribution in [1.82, 2.24) is 0 Å². The van der Waals surface area contributed by atoms with Crippen LogP contribution in [-0.4, -0.2) is 11.1 Å². The van der Waals surface area contributed by atoms with E-state index in [1.54, 1.807) is 0 Å². The van der Waals surface area contributed by atoms with Crippen LogP contribution in [-0.2, 0) is 4.79 Å². The largest absolute Gasteiger partial charge is 0.481 e. The van der Waals surface area contributed by atoms with Crippen molar-refractivity contribution in [2.24, 2.45) is 0 Å². The highest BCUT2D eigenvalue weighted by Crippen LogP contribution is 2.17. The molecule has 0 aromatic heterocycles. The molecule has 2 heteroatoms. The van der Waals surface area contributed by atoms with E-state index >= 15 is 0 Å². The van der Waals surface area contributed by atoms with Gasteiger partial charge in [0.2, 0.25) is 0 Å². The Morgan fingerprint density at radius 1 is 0.700 bits per heavy atom. The Balaban J connectivity index is -0.0000000691. The Morgan fingerprint density at radius 2 is 0.900 bits per heavy atom. The molecule has 2 nitrogen and oxygen atoms in total. The fraction of sp³-hybridized carbons (Fsp3) is 0.536. The van der Waals surface area contributed by atoms with Gasteiger partial charge < -0.3 is 5.11 Å². The van der Waals surface area contributed by atoms with Crippen molar-refractivity contribution in [3.05, 3.63) is 71.8 Å². The summed E-state index contributed by atoms with van der Waals surface area (Å²) >= 11 is 0. The highest BCUT2D eigenvalue weighted by Gasteiger charge is 1.99. The number of carbonyl (C=O) groups is 1. The lowest BCUT2D eigenvalue weighted by atomic mass is 9.99. The number of benzene rings is 2. The molecule has 0 spiro atoms. The first-order valence-electron chi connectivity index (χ1n) is 9.71. The molecular weight excluding hydrogens is 368 g/mol. The zero-order valence-corrected chi connectivity index (χ0v) is 17.7. The molecule has 30 heavy (non-hydrogen) atoms. The average molecular weight is 423 g/mol. The van der Waals surface area contributed by atoms with Gasteiger partial charge in [0, 0.05) is 6.92 Å². The molecule has 0 heterocycles. The van der Waals surface area contributed by atoms with E-state index in [1.807, 2.05) is 13.8 Å². The van der Waals surface area contributed by atoms with Gasteiger partial charge in [-0.15, -0.1) is 0 Å². The second kappa shape index (κ2) is 29.1. The predicted octanol–water partition coefficient (Wildman–Crippen LogP) is 10.1. The maximum atomic E-state index is 9.00. The fourth-order valence-electron chi connectivity index (χ4n) is 2.03. The molecule has 0 saturated carbocycles. The molecule has 0 aliphatic rings. The van der Waals surface area contributed by atoms with Crippen molar-refractivity contribution in [3.8, 4) is 0 Å². The highest BCUT2D eigenvalue weighted by molar-refractivity contribution is 5.62. The minimum Gasteiger partial charge on any atom is -0.481 e. The minimum absolute atomic E-state index is 0. The summed E-state index contributed by atoms with van der Waals surface area (Å²) in [5.41, 5.74) is 2.90. The van der Waals surface area contributed by atoms with Crippen molar-refractivity contribution in [2.75, 3.05) is 0 Å². The van der Waals surface area contributed by atoms with Crippen molar-refractivity contribution in [3.63, 3.8) is 0 Å². The van der Waals surface area contributed by atoms with Gasteiger partial charge in [-0.05, 0) is 35.8 Å². The van der Waals surface area contributed by atoms with Gasteiger partial charge in [0.25, 0.3) is 5.97 Å². The Labute approximate surface area is 190 Å². The van der Waals surface area contributed by atoms with Gasteiger partial charge >= 0.3 is 0 Å². The molecular formula is C28H54O2. The van der Waals surface area contributed by atoms with Crippen LogP contribution >= 0.6 is 0 Å². The van der Waals surface area contributed by atoms with E-state index in [9.17, 15) is 0 Å². The normalized spacial score (nSPS) is 9.70. The molecule has 0 bridgehead atoms. The number of rotatable bonds is 4. The summed E-state index contributed by atoms with van der Waals surface area (Å²) in [6.45, 7) is 14.0. The van der Waals surface area contributed by atoms with Gasteiger partial charge in [-0.2, -0.15) is 0 Å². The molecule has 2 aromatic rings. The molecule has 2 aromatic carbocycles. The zero-order chi connectivity index (χ0) is 20.4. The van der Waals surface area contributed by atoms with E-state index < -0.39 is 5.97 Å². The third-order valence-electron chi connectivity index (χ3n) is 3.96. The fourth-order valence-corrected chi connectivity index (χ4v) is 2.03. The van der Waals surface area contributed by atoms with Crippen LogP contribution in [0.2, 0.25) is 0 Å². The Hall–Kier alpha value is -2.09. The Morgan fingerprint density at radius 3 is 1.07 bits per heavy atom. The van der Waals surface area contributed by atoms with Gasteiger partial charge in [-0.25, -0.2) is 0 Å². The molecule has 0 aliphatic heterocycles. The SMILES string of the molecule is C.C.C.C.CC.CC(=O)O.CCC(C)c1ccccc1.CCC(C)c1ccccc1. The van der Waals surface area contributed by atoms with Crippen molar-refractivity contribution >= 4 is 5.97 Å². The lowest BCUT2D eigenvalue weighted by molar-refractivity contribution is -0.134. The Bertz CT molecular complexity index is 486. The predicted molar refractivity (Wildman–Crippen MR) is 142 cm³/mol. The van der Waals surface area contributed by atoms with Crippen molar-refractivity contribution < 1.29 is 9.90 Å². The molecule has 2 rings (SSSR count). The molecule has 0 aliphatic carbocycles. The lowest BCUT2D eigenvalue weighted by Crippen LogP contribution is -1.88. The summed E-state index contributed by atoms with van der Waals surface area (Å²) in [5.74, 6) is 0.586. The summed E-state index contributed by atoms with van der Waals surface area (Å²) in [7, 11) is 0. The third-order valence-corrected chi connectivity index (χ3v) is 3.96. The zero-order valence-electron chi connectivity index (χ0n) is 17.7. The molecule has 0 saturated heterocycles.